The minimum atomic E-state index is -0.991. The molecular formula is C28H25FN8O. The molecule has 3 N–H and O–H groups in total. The molecule has 6 aromatic rings. The molecule has 10 heteroatoms. The minimum absolute atomic E-state index is 0.229. The number of imidazole rings is 1. The molecule has 7 rings (SSSR count). The topological polar surface area (TPSA) is 113 Å². The van der Waals surface area contributed by atoms with Crippen LogP contribution in [0.15, 0.2) is 71.5 Å². The van der Waals surface area contributed by atoms with Crippen molar-refractivity contribution in [2.75, 3.05) is 0 Å². The molecule has 0 radical (unpaired) electrons. The maximum absolute atomic E-state index is 13.5. The van der Waals surface area contributed by atoms with Gasteiger partial charge in [-0.05, 0) is 54.8 Å². The summed E-state index contributed by atoms with van der Waals surface area (Å²) in [5, 5.41) is 18.2. The minimum Gasteiger partial charge on any atom is -0.423 e. The van der Waals surface area contributed by atoms with Crippen LogP contribution in [0.5, 0.6) is 0 Å². The van der Waals surface area contributed by atoms with Crippen molar-refractivity contribution in [3.05, 3.63) is 107 Å². The number of hydrogen-bond acceptors (Lipinski definition) is 6. The van der Waals surface area contributed by atoms with E-state index in [2.05, 4.69) is 42.7 Å². The Hall–Kier alpha value is -4.57. The first-order valence-electron chi connectivity index (χ1n) is 12.6. The maximum atomic E-state index is 13.5. The van der Waals surface area contributed by atoms with Crippen LogP contribution in [-0.2, 0) is 18.5 Å². The summed E-state index contributed by atoms with van der Waals surface area (Å²) in [5.74, 6) is 1.37. The Morgan fingerprint density at radius 1 is 1.08 bits per heavy atom. The van der Waals surface area contributed by atoms with E-state index in [9.17, 15) is 4.39 Å². The molecule has 0 saturated carbocycles. The van der Waals surface area contributed by atoms with Gasteiger partial charge in [-0.2, -0.15) is 5.10 Å². The summed E-state index contributed by atoms with van der Waals surface area (Å²) in [5.41, 5.74) is 4.67. The van der Waals surface area contributed by atoms with Crippen molar-refractivity contribution in [2.24, 2.45) is 0 Å². The van der Waals surface area contributed by atoms with Crippen LogP contribution in [0, 0.1) is 12.7 Å². The number of rotatable bonds is 5. The summed E-state index contributed by atoms with van der Waals surface area (Å²) >= 11 is 0. The summed E-state index contributed by atoms with van der Waals surface area (Å²) in [4.78, 5) is 11.9. The molecule has 38 heavy (non-hydrogen) atoms. The number of fused-ring (bicyclic) bond motifs is 3. The molecule has 5 heterocycles. The first-order chi connectivity index (χ1) is 18.5. The Labute approximate surface area is 217 Å². The lowest BCUT2D eigenvalue weighted by Crippen LogP contribution is -2.51. The fourth-order valence-electron chi connectivity index (χ4n) is 5.47. The van der Waals surface area contributed by atoms with Gasteiger partial charge < -0.3 is 14.4 Å². The summed E-state index contributed by atoms with van der Waals surface area (Å²) in [6.07, 6.45) is 6.31. The lowest BCUT2D eigenvalue weighted by Gasteiger charge is -2.38. The first-order valence-corrected chi connectivity index (χ1v) is 12.6. The van der Waals surface area contributed by atoms with E-state index in [-0.39, 0.29) is 11.9 Å². The Kier molecular flexibility index (Phi) is 5.05. The zero-order valence-electron chi connectivity index (χ0n) is 20.9. The van der Waals surface area contributed by atoms with Gasteiger partial charge in [0.15, 0.2) is 5.54 Å². The third kappa shape index (κ3) is 3.41. The third-order valence-electron chi connectivity index (χ3n) is 7.31. The van der Waals surface area contributed by atoms with Crippen molar-refractivity contribution in [3.8, 4) is 11.3 Å². The van der Waals surface area contributed by atoms with Gasteiger partial charge in [-0.3, -0.25) is 10.00 Å². The van der Waals surface area contributed by atoms with Crippen molar-refractivity contribution in [2.45, 2.75) is 38.4 Å². The number of H-pyrrole nitrogens is 2. The molecule has 0 amide bonds. The molecule has 1 aliphatic heterocycles. The van der Waals surface area contributed by atoms with Crippen molar-refractivity contribution >= 4 is 10.9 Å². The van der Waals surface area contributed by atoms with Gasteiger partial charge in [0, 0.05) is 36.1 Å². The molecule has 1 aliphatic rings. The highest BCUT2D eigenvalue weighted by Gasteiger charge is 2.50. The van der Waals surface area contributed by atoms with Crippen molar-refractivity contribution in [3.63, 3.8) is 0 Å². The summed E-state index contributed by atoms with van der Waals surface area (Å²) in [6.45, 7) is 4.56. The van der Waals surface area contributed by atoms with Gasteiger partial charge in [0.2, 0.25) is 11.8 Å². The Balaban J connectivity index is 1.44. The number of aryl methyl sites for hydroxylation is 2. The lowest BCUT2D eigenvalue weighted by atomic mass is 9.79. The highest BCUT2D eigenvalue weighted by Crippen LogP contribution is 2.46. The molecule has 190 valence electrons. The van der Waals surface area contributed by atoms with E-state index in [1.165, 1.54) is 12.1 Å². The summed E-state index contributed by atoms with van der Waals surface area (Å²) in [6, 6.07) is 14.4. The van der Waals surface area contributed by atoms with Crippen LogP contribution in [0.3, 0.4) is 0 Å². The van der Waals surface area contributed by atoms with Crippen LogP contribution < -0.4 is 5.32 Å². The molecule has 2 aromatic carbocycles. The van der Waals surface area contributed by atoms with Crippen LogP contribution in [0.2, 0.25) is 0 Å². The number of nitrogens with one attached hydrogen (secondary N) is 3. The summed E-state index contributed by atoms with van der Waals surface area (Å²) < 4.78 is 21.5. The van der Waals surface area contributed by atoms with Crippen molar-refractivity contribution < 1.29 is 8.81 Å². The molecular weight excluding hydrogens is 483 g/mol. The second-order valence-electron chi connectivity index (χ2n) is 9.58. The molecule has 2 atom stereocenters. The van der Waals surface area contributed by atoms with E-state index in [1.807, 2.05) is 36.1 Å². The SMILES string of the molecule is CCn1cc(C2(c3nnc(C)o3)N[C@@H](c3ncc(-c4ccc(F)cc4)[nH]3)Cc3c2[nH]c2ccccc32)cn1. The monoisotopic (exact) mass is 508 g/mol. The largest absolute Gasteiger partial charge is 0.423 e. The second-order valence-corrected chi connectivity index (χ2v) is 9.58. The normalized spacial score (nSPS) is 19.2. The average Bonchev–Trinajstić information content (AvgIpc) is 3.74. The lowest BCUT2D eigenvalue weighted by molar-refractivity contribution is 0.286. The van der Waals surface area contributed by atoms with Gasteiger partial charge in [0.05, 0.1) is 29.8 Å². The van der Waals surface area contributed by atoms with Gasteiger partial charge >= 0.3 is 0 Å². The zero-order chi connectivity index (χ0) is 25.9. The third-order valence-corrected chi connectivity index (χ3v) is 7.31. The van der Waals surface area contributed by atoms with Crippen LogP contribution in [0.4, 0.5) is 4.39 Å². The molecule has 0 spiro atoms. The van der Waals surface area contributed by atoms with Gasteiger partial charge in [-0.25, -0.2) is 9.37 Å². The number of hydrogen-bond donors (Lipinski definition) is 3. The quantitative estimate of drug-likeness (QED) is 0.309. The van der Waals surface area contributed by atoms with Gasteiger partial charge in [0.25, 0.3) is 0 Å². The van der Waals surface area contributed by atoms with E-state index < -0.39 is 5.54 Å². The Morgan fingerprint density at radius 3 is 2.68 bits per heavy atom. The van der Waals surface area contributed by atoms with Gasteiger partial charge in [-0.1, -0.05) is 18.2 Å². The van der Waals surface area contributed by atoms with E-state index in [0.29, 0.717) is 18.2 Å². The van der Waals surface area contributed by atoms with Crippen molar-refractivity contribution in [1.29, 1.82) is 0 Å². The number of nitrogens with zero attached hydrogens (tertiary/aromatic N) is 5. The number of benzene rings is 2. The second kappa shape index (κ2) is 8.49. The molecule has 4 aromatic heterocycles. The fourth-order valence-corrected chi connectivity index (χ4v) is 5.47. The number of para-hydroxylation sites is 1. The van der Waals surface area contributed by atoms with Crippen LogP contribution in [0.25, 0.3) is 22.2 Å². The molecule has 0 aliphatic carbocycles. The number of halogens is 1. The maximum Gasteiger partial charge on any atom is 0.247 e. The molecule has 0 bridgehead atoms. The fraction of sp³-hybridized carbons (Fsp3) is 0.214. The van der Waals surface area contributed by atoms with Gasteiger partial charge in [0.1, 0.15) is 11.6 Å². The Bertz CT molecular complexity index is 1760. The predicted molar refractivity (Wildman–Crippen MR) is 139 cm³/mol. The predicted octanol–water partition coefficient (Wildman–Crippen LogP) is 4.78. The van der Waals surface area contributed by atoms with E-state index in [0.717, 1.165) is 51.4 Å². The number of aromatic amines is 2. The first kappa shape index (κ1) is 22.6. The molecule has 0 fully saturated rings. The highest BCUT2D eigenvalue weighted by molar-refractivity contribution is 5.86. The van der Waals surface area contributed by atoms with E-state index in [1.54, 1.807) is 25.3 Å². The van der Waals surface area contributed by atoms with Crippen LogP contribution in [0.1, 0.15) is 47.4 Å². The zero-order valence-corrected chi connectivity index (χ0v) is 20.9. The van der Waals surface area contributed by atoms with Crippen LogP contribution in [-0.4, -0.2) is 34.9 Å². The highest BCUT2D eigenvalue weighted by atomic mass is 19.1. The summed E-state index contributed by atoms with van der Waals surface area (Å²) in [7, 11) is 0. The standard InChI is InChI=1S/C28H25FN8O/c1-3-37-15-18(13-31-37)28(27-36-35-16(2)38-27)25-21(20-6-4-5-7-22(20)32-25)12-23(34-28)26-30-14-24(33-26)17-8-10-19(29)11-9-17/h4-11,13-15,23,32,34H,3,12H2,1-2H3,(H,30,33)/t23-,28?/m1/s1. The molecule has 9 nitrogen and oxygen atoms in total. The molecule has 1 unspecified atom stereocenters. The van der Waals surface area contributed by atoms with E-state index >= 15 is 0 Å². The smallest absolute Gasteiger partial charge is 0.247 e. The molecule has 0 saturated heterocycles. The van der Waals surface area contributed by atoms with Gasteiger partial charge in [-0.15, -0.1) is 10.2 Å². The Morgan fingerprint density at radius 2 is 1.92 bits per heavy atom. The van der Waals surface area contributed by atoms with E-state index in [4.69, 9.17) is 9.40 Å². The number of aromatic nitrogens is 7. The average molecular weight is 509 g/mol. The van der Waals surface area contributed by atoms with Crippen LogP contribution >= 0.6 is 0 Å². The van der Waals surface area contributed by atoms with Crippen molar-refractivity contribution in [1.82, 2.24) is 40.2 Å².